The molecular weight excluding hydrogens is 306 g/mol. The molecule has 21 heavy (non-hydrogen) atoms. The summed E-state index contributed by atoms with van der Waals surface area (Å²) in [7, 11) is -3.49. The van der Waals surface area contributed by atoms with Crippen molar-refractivity contribution in [2.24, 2.45) is 5.73 Å². The van der Waals surface area contributed by atoms with E-state index in [4.69, 9.17) is 18.0 Å². The number of nitrogens with one attached hydrogen (secondary N) is 1. The summed E-state index contributed by atoms with van der Waals surface area (Å²) in [5.41, 5.74) is 6.18. The van der Waals surface area contributed by atoms with Gasteiger partial charge in [0.2, 0.25) is 10.0 Å². The average Bonchev–Trinajstić information content (AvgIpc) is 2.47. The van der Waals surface area contributed by atoms with Crippen molar-refractivity contribution in [2.45, 2.75) is 30.7 Å². The predicted molar refractivity (Wildman–Crippen MR) is 87.8 cm³/mol. The van der Waals surface area contributed by atoms with Crippen LogP contribution in [0.25, 0.3) is 0 Å². The third kappa shape index (κ3) is 4.23. The Morgan fingerprint density at radius 3 is 2.67 bits per heavy atom. The zero-order valence-corrected chi connectivity index (χ0v) is 13.7. The number of benzene rings is 1. The molecule has 1 saturated heterocycles. The van der Waals surface area contributed by atoms with Crippen molar-refractivity contribution in [3.05, 3.63) is 29.8 Å². The molecular formula is C14H21N3O2S2. The molecule has 1 unspecified atom stereocenters. The summed E-state index contributed by atoms with van der Waals surface area (Å²) < 4.78 is 27.6. The summed E-state index contributed by atoms with van der Waals surface area (Å²) in [6, 6.07) is 6.32. The number of sulfonamides is 1. The van der Waals surface area contributed by atoms with Crippen LogP contribution in [-0.4, -0.2) is 44.0 Å². The van der Waals surface area contributed by atoms with Gasteiger partial charge >= 0.3 is 0 Å². The maximum absolute atomic E-state index is 12.4. The van der Waals surface area contributed by atoms with Crippen LogP contribution in [0.2, 0.25) is 0 Å². The van der Waals surface area contributed by atoms with Crippen LogP contribution < -0.4 is 10.5 Å². The molecule has 0 saturated carbocycles. The first-order valence-electron chi connectivity index (χ1n) is 7.07. The van der Waals surface area contributed by atoms with Gasteiger partial charge < -0.3 is 10.6 Å². The first-order valence-corrected chi connectivity index (χ1v) is 8.96. The van der Waals surface area contributed by atoms with Gasteiger partial charge in [0.25, 0.3) is 0 Å². The van der Waals surface area contributed by atoms with Crippen molar-refractivity contribution in [3.8, 4) is 0 Å². The molecule has 1 aliphatic heterocycles. The molecule has 0 spiro atoms. The molecule has 1 aromatic rings. The number of hydrogen-bond donors (Lipinski definition) is 2. The minimum Gasteiger partial charge on any atom is -0.389 e. The second-order valence-corrected chi connectivity index (χ2v) is 7.40. The molecule has 1 aliphatic rings. The third-order valence-corrected chi connectivity index (χ3v) is 5.50. The van der Waals surface area contributed by atoms with Gasteiger partial charge in [-0.1, -0.05) is 31.3 Å². The normalized spacial score (nSPS) is 20.3. The summed E-state index contributed by atoms with van der Waals surface area (Å²) in [4.78, 5) is 2.76. The van der Waals surface area contributed by atoms with Crippen molar-refractivity contribution in [1.29, 1.82) is 0 Å². The standard InChI is InChI=1S/C14H21N3O2S2/c1-2-17-9-3-4-12(10-17)16-21(18,19)13-7-5-11(6-8-13)14(15)20/h5-8,12,16H,2-4,9-10H2,1H3,(H2,15,20). The molecule has 0 radical (unpaired) electrons. The van der Waals surface area contributed by atoms with Gasteiger partial charge in [0.15, 0.2) is 0 Å². The maximum Gasteiger partial charge on any atom is 0.240 e. The number of hydrogen-bond acceptors (Lipinski definition) is 4. The lowest BCUT2D eigenvalue weighted by molar-refractivity contribution is 0.211. The van der Waals surface area contributed by atoms with Crippen molar-refractivity contribution in [2.75, 3.05) is 19.6 Å². The molecule has 7 heteroatoms. The van der Waals surface area contributed by atoms with Gasteiger partial charge in [0.1, 0.15) is 4.99 Å². The van der Waals surface area contributed by atoms with E-state index in [2.05, 4.69) is 16.5 Å². The summed E-state index contributed by atoms with van der Waals surface area (Å²) >= 11 is 4.86. The Kier molecular flexibility index (Phi) is 5.32. The van der Waals surface area contributed by atoms with Crippen LogP contribution in [0.3, 0.4) is 0 Å². The highest BCUT2D eigenvalue weighted by Gasteiger charge is 2.24. The SMILES string of the molecule is CCN1CCCC(NS(=O)(=O)c2ccc(C(N)=S)cc2)C1. The molecule has 1 heterocycles. The second kappa shape index (κ2) is 6.83. The summed E-state index contributed by atoms with van der Waals surface area (Å²) in [6.07, 6.45) is 1.89. The first-order chi connectivity index (χ1) is 9.92. The highest BCUT2D eigenvalue weighted by molar-refractivity contribution is 7.89. The summed E-state index contributed by atoms with van der Waals surface area (Å²) in [5, 5.41) is 0. The Balaban J connectivity index is 2.09. The molecule has 5 nitrogen and oxygen atoms in total. The van der Waals surface area contributed by atoms with Crippen LogP contribution in [0.4, 0.5) is 0 Å². The van der Waals surface area contributed by atoms with Gasteiger partial charge in [-0.05, 0) is 38.1 Å². The van der Waals surface area contributed by atoms with Gasteiger partial charge in [0.05, 0.1) is 4.90 Å². The van der Waals surface area contributed by atoms with E-state index in [0.29, 0.717) is 5.56 Å². The maximum atomic E-state index is 12.4. The third-order valence-electron chi connectivity index (χ3n) is 3.72. The molecule has 0 bridgehead atoms. The van der Waals surface area contributed by atoms with Crippen molar-refractivity contribution < 1.29 is 8.42 Å². The quantitative estimate of drug-likeness (QED) is 0.792. The number of piperidine rings is 1. The molecule has 0 aromatic heterocycles. The highest BCUT2D eigenvalue weighted by Crippen LogP contribution is 2.15. The highest BCUT2D eigenvalue weighted by atomic mass is 32.2. The van der Waals surface area contributed by atoms with E-state index in [1.54, 1.807) is 12.1 Å². The molecule has 2 rings (SSSR count). The lowest BCUT2D eigenvalue weighted by atomic mass is 10.1. The lowest BCUT2D eigenvalue weighted by Crippen LogP contribution is -2.47. The van der Waals surface area contributed by atoms with E-state index in [9.17, 15) is 8.42 Å². The fourth-order valence-corrected chi connectivity index (χ4v) is 3.92. The Morgan fingerprint density at radius 1 is 1.43 bits per heavy atom. The fourth-order valence-electron chi connectivity index (χ4n) is 2.52. The van der Waals surface area contributed by atoms with E-state index >= 15 is 0 Å². The van der Waals surface area contributed by atoms with E-state index < -0.39 is 10.0 Å². The summed E-state index contributed by atoms with van der Waals surface area (Å²) in [6.45, 7) is 4.84. The van der Waals surface area contributed by atoms with Gasteiger partial charge in [0, 0.05) is 18.2 Å². The summed E-state index contributed by atoms with van der Waals surface area (Å²) in [5.74, 6) is 0. The van der Waals surface area contributed by atoms with Crippen molar-refractivity contribution in [3.63, 3.8) is 0 Å². The largest absolute Gasteiger partial charge is 0.389 e. The van der Waals surface area contributed by atoms with Crippen LogP contribution in [0.5, 0.6) is 0 Å². The van der Waals surface area contributed by atoms with E-state index in [-0.39, 0.29) is 15.9 Å². The molecule has 116 valence electrons. The molecule has 1 fully saturated rings. The molecule has 1 atom stereocenters. The first kappa shape index (κ1) is 16.4. The molecule has 3 N–H and O–H groups in total. The van der Waals surface area contributed by atoms with Crippen LogP contribution in [-0.2, 0) is 10.0 Å². The van der Waals surface area contributed by atoms with Crippen LogP contribution in [0.15, 0.2) is 29.2 Å². The monoisotopic (exact) mass is 327 g/mol. The smallest absolute Gasteiger partial charge is 0.240 e. The second-order valence-electron chi connectivity index (χ2n) is 5.24. The number of thiocarbonyl (C=S) groups is 1. The van der Waals surface area contributed by atoms with Gasteiger partial charge in [-0.3, -0.25) is 0 Å². The number of likely N-dealkylation sites (N-methyl/N-ethyl adjacent to an activating group) is 1. The number of likely N-dealkylation sites (tertiary alicyclic amines) is 1. The number of nitrogens with zero attached hydrogens (tertiary/aromatic N) is 1. The van der Waals surface area contributed by atoms with Crippen molar-refractivity contribution in [1.82, 2.24) is 9.62 Å². The van der Waals surface area contributed by atoms with Crippen molar-refractivity contribution >= 4 is 27.2 Å². The zero-order chi connectivity index (χ0) is 15.5. The lowest BCUT2D eigenvalue weighted by Gasteiger charge is -2.32. The van der Waals surface area contributed by atoms with E-state index in [1.165, 1.54) is 12.1 Å². The fraction of sp³-hybridized carbons (Fsp3) is 0.500. The predicted octanol–water partition coefficient (Wildman–Crippen LogP) is 1.08. The van der Waals surface area contributed by atoms with Crippen LogP contribution in [0, 0.1) is 0 Å². The van der Waals surface area contributed by atoms with Gasteiger partial charge in [-0.15, -0.1) is 0 Å². The molecule has 0 amide bonds. The Bertz CT molecular complexity index is 599. The average molecular weight is 327 g/mol. The zero-order valence-electron chi connectivity index (χ0n) is 12.1. The Hall–Kier alpha value is -1.02. The van der Waals surface area contributed by atoms with Crippen LogP contribution in [0.1, 0.15) is 25.3 Å². The van der Waals surface area contributed by atoms with Crippen LogP contribution >= 0.6 is 12.2 Å². The van der Waals surface area contributed by atoms with E-state index in [0.717, 1.165) is 32.5 Å². The minimum atomic E-state index is -3.49. The van der Waals surface area contributed by atoms with Gasteiger partial charge in [-0.2, -0.15) is 0 Å². The topological polar surface area (TPSA) is 75.4 Å². The number of nitrogens with two attached hydrogens (primary N) is 1. The molecule has 1 aromatic carbocycles. The Morgan fingerprint density at radius 2 is 2.10 bits per heavy atom. The number of rotatable bonds is 5. The minimum absolute atomic E-state index is 0.0287. The molecule has 0 aliphatic carbocycles. The van der Waals surface area contributed by atoms with E-state index in [1.807, 2.05) is 0 Å². The Labute approximate surface area is 131 Å². The van der Waals surface area contributed by atoms with Gasteiger partial charge in [-0.25, -0.2) is 13.1 Å².